The number of hydrogen-bond acceptors (Lipinski definition) is 5. The number of unbranched alkanes of at least 4 members (excludes halogenated alkanes) is 24. The summed E-state index contributed by atoms with van der Waals surface area (Å²) in [7, 11) is 0. The monoisotopic (exact) mass is 1130 g/mol. The SMILES string of the molecule is CC/C=C\C/C=C\C/C=C\C/C=C\C/C=C\C/C=C\C/C=C\C/C=C\CCCCCCCCCCCCCCCCC(=O)OC(CO)COC(=O)CCCCCCCCCCCC/C=C\C/C=C\C/C=C\C/C=C\C/C=C\C/C=C\CC. The van der Waals surface area contributed by atoms with Crippen LogP contribution in [0.15, 0.2) is 170 Å². The first-order valence-corrected chi connectivity index (χ1v) is 33.7. The van der Waals surface area contributed by atoms with E-state index < -0.39 is 6.10 Å². The van der Waals surface area contributed by atoms with Crippen LogP contribution < -0.4 is 0 Å². The lowest BCUT2D eigenvalue weighted by molar-refractivity contribution is -0.161. The van der Waals surface area contributed by atoms with Gasteiger partial charge in [-0.15, -0.1) is 0 Å². The first kappa shape index (κ1) is 77.3. The van der Waals surface area contributed by atoms with Gasteiger partial charge in [-0.2, -0.15) is 0 Å². The summed E-state index contributed by atoms with van der Waals surface area (Å²) in [6.07, 6.45) is 109. The summed E-state index contributed by atoms with van der Waals surface area (Å²) in [5.74, 6) is -0.600. The Morgan fingerprint density at radius 2 is 0.488 bits per heavy atom. The van der Waals surface area contributed by atoms with Crippen molar-refractivity contribution in [1.82, 2.24) is 0 Å². The van der Waals surface area contributed by atoms with Crippen molar-refractivity contribution in [3.63, 3.8) is 0 Å². The van der Waals surface area contributed by atoms with Crippen LogP contribution >= 0.6 is 0 Å². The summed E-state index contributed by atoms with van der Waals surface area (Å²) in [5, 5.41) is 9.70. The number of rotatable bonds is 60. The van der Waals surface area contributed by atoms with Crippen molar-refractivity contribution in [1.29, 1.82) is 0 Å². The Kier molecular flexibility index (Phi) is 66.4. The predicted octanol–water partition coefficient (Wildman–Crippen LogP) is 23.6. The first-order valence-electron chi connectivity index (χ1n) is 33.7. The van der Waals surface area contributed by atoms with Crippen LogP contribution in [0.4, 0.5) is 0 Å². The Morgan fingerprint density at radius 1 is 0.280 bits per heavy atom. The molecule has 0 aromatic heterocycles. The second kappa shape index (κ2) is 70.5. The van der Waals surface area contributed by atoms with Gasteiger partial charge in [-0.3, -0.25) is 9.59 Å². The standard InChI is InChI=1S/C77H124O5/c1-3-5-7-9-11-13-15-17-19-21-23-25-27-29-31-33-34-35-36-37-38-39-40-41-42-44-46-48-50-52-54-56-58-60-62-64-66-68-70-72-77(80)82-75(73-78)74-81-76(79)71-69-67-65-63-61-59-57-55-53-51-49-47-45-43-32-30-28-26-24-22-20-18-16-14-12-10-8-6-4-2/h5-8,11-14,17-20,23-26,29-32,34-35,37-38,40-41,45,47,75,78H,3-4,9-10,15-16,21-22,27-28,33,36,39,42-44,46,48-74H2,1-2H3/b7-5-,8-6-,13-11-,14-12-,19-17-,20-18-,25-23-,26-24-,31-29-,32-30-,35-34-,38-37-,41-40-,47-45-. The van der Waals surface area contributed by atoms with E-state index in [1.54, 1.807) is 0 Å². The molecular formula is C77H124O5. The number of aliphatic hydroxyl groups is 1. The molecule has 0 spiro atoms. The fourth-order valence-electron chi connectivity index (χ4n) is 9.05. The van der Waals surface area contributed by atoms with Gasteiger partial charge in [0.1, 0.15) is 6.61 Å². The first-order chi connectivity index (χ1) is 40.6. The summed E-state index contributed by atoms with van der Waals surface area (Å²) in [6, 6.07) is 0. The molecule has 0 saturated heterocycles. The Balaban J connectivity index is 3.54. The second-order valence-electron chi connectivity index (χ2n) is 21.8. The van der Waals surface area contributed by atoms with E-state index in [2.05, 4.69) is 184 Å². The van der Waals surface area contributed by atoms with Crippen LogP contribution in [-0.2, 0) is 19.1 Å². The molecule has 1 unspecified atom stereocenters. The van der Waals surface area contributed by atoms with Gasteiger partial charge in [-0.25, -0.2) is 0 Å². The van der Waals surface area contributed by atoms with Crippen molar-refractivity contribution in [2.45, 2.75) is 290 Å². The molecule has 0 aliphatic carbocycles. The zero-order chi connectivity index (χ0) is 59.1. The van der Waals surface area contributed by atoms with Crippen molar-refractivity contribution in [3.05, 3.63) is 170 Å². The summed E-state index contributed by atoms with van der Waals surface area (Å²) in [4.78, 5) is 24.6. The van der Waals surface area contributed by atoms with Crippen molar-refractivity contribution in [2.75, 3.05) is 13.2 Å². The topological polar surface area (TPSA) is 72.8 Å². The molecule has 0 aliphatic rings. The van der Waals surface area contributed by atoms with Gasteiger partial charge in [0.15, 0.2) is 6.10 Å². The predicted molar refractivity (Wildman–Crippen MR) is 361 cm³/mol. The van der Waals surface area contributed by atoms with Crippen LogP contribution in [0.25, 0.3) is 0 Å². The number of esters is 2. The quantitative estimate of drug-likeness (QED) is 0.0373. The van der Waals surface area contributed by atoms with E-state index in [1.165, 1.54) is 128 Å². The number of carbonyl (C=O) groups is 2. The molecular weight excluding hydrogens is 1000 g/mol. The van der Waals surface area contributed by atoms with Crippen LogP contribution in [0.2, 0.25) is 0 Å². The largest absolute Gasteiger partial charge is 0.462 e. The summed E-state index contributed by atoms with van der Waals surface area (Å²) < 4.78 is 10.7. The molecule has 5 nitrogen and oxygen atoms in total. The molecule has 0 saturated carbocycles. The average Bonchev–Trinajstić information content (AvgIpc) is 3.49. The molecule has 0 heterocycles. The third-order valence-electron chi connectivity index (χ3n) is 14.0. The highest BCUT2D eigenvalue weighted by Gasteiger charge is 2.16. The van der Waals surface area contributed by atoms with E-state index in [1.807, 2.05) is 0 Å². The molecule has 0 rings (SSSR count). The van der Waals surface area contributed by atoms with Gasteiger partial charge >= 0.3 is 11.9 Å². The van der Waals surface area contributed by atoms with Gasteiger partial charge in [0.2, 0.25) is 0 Å². The molecule has 0 amide bonds. The van der Waals surface area contributed by atoms with Crippen LogP contribution in [-0.4, -0.2) is 36.4 Å². The fraction of sp³-hybridized carbons (Fsp3) is 0.610. The van der Waals surface area contributed by atoms with Crippen molar-refractivity contribution in [3.8, 4) is 0 Å². The van der Waals surface area contributed by atoms with E-state index >= 15 is 0 Å². The van der Waals surface area contributed by atoms with E-state index in [0.29, 0.717) is 12.8 Å². The van der Waals surface area contributed by atoms with E-state index in [4.69, 9.17) is 9.47 Å². The van der Waals surface area contributed by atoms with Gasteiger partial charge in [0, 0.05) is 12.8 Å². The third-order valence-corrected chi connectivity index (χ3v) is 14.0. The highest BCUT2D eigenvalue weighted by molar-refractivity contribution is 5.70. The Morgan fingerprint density at radius 3 is 0.732 bits per heavy atom. The highest BCUT2D eigenvalue weighted by Crippen LogP contribution is 2.16. The molecule has 1 atom stereocenters. The molecule has 0 aliphatic heterocycles. The molecule has 0 bridgehead atoms. The maximum atomic E-state index is 12.4. The number of ether oxygens (including phenoxy) is 2. The third kappa shape index (κ3) is 67.8. The van der Waals surface area contributed by atoms with Crippen molar-refractivity contribution < 1.29 is 24.2 Å². The number of aliphatic hydroxyl groups excluding tert-OH is 1. The molecule has 0 aromatic carbocycles. The minimum Gasteiger partial charge on any atom is -0.462 e. The van der Waals surface area contributed by atoms with E-state index in [-0.39, 0.29) is 25.2 Å². The maximum absolute atomic E-state index is 12.4. The summed E-state index contributed by atoms with van der Waals surface area (Å²) in [6.45, 7) is 3.91. The van der Waals surface area contributed by atoms with E-state index in [9.17, 15) is 14.7 Å². The molecule has 5 heteroatoms. The molecule has 462 valence electrons. The van der Waals surface area contributed by atoms with Crippen molar-refractivity contribution in [2.24, 2.45) is 0 Å². The highest BCUT2D eigenvalue weighted by atomic mass is 16.6. The molecule has 0 fully saturated rings. The van der Waals surface area contributed by atoms with Gasteiger partial charge in [0.25, 0.3) is 0 Å². The summed E-state index contributed by atoms with van der Waals surface area (Å²) in [5.41, 5.74) is 0. The lowest BCUT2D eigenvalue weighted by Gasteiger charge is -2.15. The zero-order valence-electron chi connectivity index (χ0n) is 52.9. The Labute approximate surface area is 506 Å². The second-order valence-corrected chi connectivity index (χ2v) is 21.8. The molecule has 0 aromatic rings. The molecule has 82 heavy (non-hydrogen) atoms. The van der Waals surface area contributed by atoms with Crippen LogP contribution in [0.1, 0.15) is 284 Å². The number of hydrogen-bond donors (Lipinski definition) is 1. The van der Waals surface area contributed by atoms with Crippen molar-refractivity contribution >= 4 is 11.9 Å². The van der Waals surface area contributed by atoms with Gasteiger partial charge in [0.05, 0.1) is 6.61 Å². The molecule has 0 radical (unpaired) electrons. The van der Waals surface area contributed by atoms with Gasteiger partial charge in [-0.1, -0.05) is 312 Å². The Hall–Kier alpha value is -4.74. The van der Waals surface area contributed by atoms with Crippen LogP contribution in [0, 0.1) is 0 Å². The fourth-order valence-corrected chi connectivity index (χ4v) is 9.05. The summed E-state index contributed by atoms with van der Waals surface area (Å²) >= 11 is 0. The zero-order valence-corrected chi connectivity index (χ0v) is 52.9. The minimum atomic E-state index is -0.787. The molecule has 1 N–H and O–H groups in total. The van der Waals surface area contributed by atoms with Crippen LogP contribution in [0.5, 0.6) is 0 Å². The average molecular weight is 1130 g/mol. The van der Waals surface area contributed by atoms with Gasteiger partial charge in [-0.05, 0) is 128 Å². The van der Waals surface area contributed by atoms with Gasteiger partial charge < -0.3 is 14.6 Å². The Bertz CT molecular complexity index is 1810. The minimum absolute atomic E-state index is 0.0763. The van der Waals surface area contributed by atoms with Crippen LogP contribution in [0.3, 0.4) is 0 Å². The number of carbonyl (C=O) groups excluding carboxylic acids is 2. The van der Waals surface area contributed by atoms with E-state index in [0.717, 1.165) is 128 Å². The maximum Gasteiger partial charge on any atom is 0.306 e. The number of allylic oxidation sites excluding steroid dienone is 28. The smallest absolute Gasteiger partial charge is 0.306 e. The normalized spacial score (nSPS) is 13.4. The lowest BCUT2D eigenvalue weighted by Crippen LogP contribution is -2.28. The lowest BCUT2D eigenvalue weighted by atomic mass is 10.0.